The predicted octanol–water partition coefficient (Wildman–Crippen LogP) is 3.50. The highest BCUT2D eigenvalue weighted by Crippen LogP contribution is 2.33. The molecule has 2 rings (SSSR count). The van der Waals surface area contributed by atoms with E-state index >= 15 is 0 Å². The summed E-state index contributed by atoms with van der Waals surface area (Å²) in [4.78, 5) is 34.8. The molecule has 2 aromatic carbocycles. The largest absolute Gasteiger partial charge is 0.491 e. The van der Waals surface area contributed by atoms with Gasteiger partial charge in [-0.25, -0.2) is 4.79 Å². The fourth-order valence-corrected chi connectivity index (χ4v) is 3.51. The van der Waals surface area contributed by atoms with Crippen molar-refractivity contribution >= 4 is 17.9 Å². The Hall–Kier alpha value is -3.89. The van der Waals surface area contributed by atoms with E-state index in [1.54, 1.807) is 19.1 Å². The smallest absolute Gasteiger partial charge is 0.333 e. The van der Waals surface area contributed by atoms with Gasteiger partial charge in [-0.05, 0) is 49.2 Å². The van der Waals surface area contributed by atoms with Gasteiger partial charge in [0.25, 0.3) is 0 Å². The molecule has 224 valence electrons. The molecule has 0 saturated heterocycles. The zero-order chi connectivity index (χ0) is 30.4. The third-order valence-electron chi connectivity index (χ3n) is 5.98. The number of ether oxygens (including phenoxy) is 5. The Kier molecular flexibility index (Phi) is 13.3. The van der Waals surface area contributed by atoms with E-state index in [2.05, 4.69) is 20.4 Å². The number of benzene rings is 2. The summed E-state index contributed by atoms with van der Waals surface area (Å²) in [5.74, 6) is -0.635. The van der Waals surface area contributed by atoms with Crippen LogP contribution in [0.4, 0.5) is 0 Å². The minimum Gasteiger partial charge on any atom is -0.491 e. The molecule has 0 heterocycles. The number of carbonyl (C=O) groups excluding carboxylic acids is 3. The maximum Gasteiger partial charge on any atom is 0.333 e. The fraction of sp³-hybridized carbons (Fsp3) is 0.452. The van der Waals surface area contributed by atoms with Crippen LogP contribution in [0.15, 0.2) is 60.7 Å². The molecule has 0 bridgehead atoms. The first-order valence-corrected chi connectivity index (χ1v) is 13.3. The van der Waals surface area contributed by atoms with Gasteiger partial charge in [0.15, 0.2) is 0 Å². The summed E-state index contributed by atoms with van der Waals surface area (Å²) in [6.45, 7) is 10.4. The Bertz CT molecular complexity index is 1140. The van der Waals surface area contributed by atoms with Gasteiger partial charge >= 0.3 is 17.9 Å². The van der Waals surface area contributed by atoms with Crippen molar-refractivity contribution < 1.29 is 48.3 Å². The number of esters is 3. The SMILES string of the molecule is C=C(C)C(=O)OCCOC(=O)CCC(=O)OCC(O)COc1ccc(C(C)(C)c2ccc(OCC(C)O)cc2)cc1. The Labute approximate surface area is 240 Å². The minimum atomic E-state index is -1.06. The van der Waals surface area contributed by atoms with Gasteiger partial charge in [-0.2, -0.15) is 0 Å². The second-order valence-corrected chi connectivity index (χ2v) is 10.1. The average molecular weight is 573 g/mol. The first-order valence-electron chi connectivity index (χ1n) is 13.3. The summed E-state index contributed by atoms with van der Waals surface area (Å²) in [5, 5.41) is 19.5. The van der Waals surface area contributed by atoms with E-state index in [9.17, 15) is 24.6 Å². The summed E-state index contributed by atoms with van der Waals surface area (Å²) in [7, 11) is 0. The van der Waals surface area contributed by atoms with Crippen molar-refractivity contribution in [3.05, 3.63) is 71.8 Å². The molecule has 2 atom stereocenters. The molecule has 10 nitrogen and oxygen atoms in total. The van der Waals surface area contributed by atoms with Crippen LogP contribution in [0.5, 0.6) is 11.5 Å². The summed E-state index contributed by atoms with van der Waals surface area (Å²) in [6.07, 6.45) is -2.01. The van der Waals surface area contributed by atoms with Crippen molar-refractivity contribution in [2.45, 2.75) is 58.2 Å². The molecule has 2 aromatic rings. The van der Waals surface area contributed by atoms with E-state index < -0.39 is 30.1 Å². The van der Waals surface area contributed by atoms with Crippen molar-refractivity contribution in [2.24, 2.45) is 0 Å². The van der Waals surface area contributed by atoms with Crippen LogP contribution >= 0.6 is 0 Å². The zero-order valence-electron chi connectivity index (χ0n) is 24.1. The maximum absolute atomic E-state index is 11.9. The van der Waals surface area contributed by atoms with E-state index in [0.717, 1.165) is 11.1 Å². The highest BCUT2D eigenvalue weighted by atomic mass is 16.6. The molecule has 0 aliphatic heterocycles. The normalized spacial score (nSPS) is 12.5. The third kappa shape index (κ3) is 12.0. The van der Waals surface area contributed by atoms with Crippen molar-refractivity contribution in [2.75, 3.05) is 33.0 Å². The topological polar surface area (TPSA) is 138 Å². The lowest BCUT2D eigenvalue weighted by Gasteiger charge is -2.26. The lowest BCUT2D eigenvalue weighted by Crippen LogP contribution is -2.25. The Balaban J connectivity index is 1.70. The van der Waals surface area contributed by atoms with Crippen LogP contribution in [0.25, 0.3) is 0 Å². The van der Waals surface area contributed by atoms with E-state index in [-0.39, 0.29) is 56.9 Å². The monoisotopic (exact) mass is 572 g/mol. The molecule has 41 heavy (non-hydrogen) atoms. The quantitative estimate of drug-likeness (QED) is 0.125. The van der Waals surface area contributed by atoms with E-state index in [4.69, 9.17) is 23.7 Å². The van der Waals surface area contributed by atoms with Crippen molar-refractivity contribution in [3.8, 4) is 11.5 Å². The van der Waals surface area contributed by atoms with Crippen LogP contribution in [-0.4, -0.2) is 73.4 Å². The minimum absolute atomic E-state index is 0.0884. The van der Waals surface area contributed by atoms with Gasteiger partial charge in [-0.15, -0.1) is 0 Å². The number of aliphatic hydroxyl groups is 2. The van der Waals surface area contributed by atoms with Crippen LogP contribution in [-0.2, 0) is 34.0 Å². The summed E-state index contributed by atoms with van der Waals surface area (Å²) < 4.78 is 25.8. The molecule has 0 aromatic heterocycles. The Morgan fingerprint density at radius 1 is 0.756 bits per heavy atom. The lowest BCUT2D eigenvalue weighted by molar-refractivity contribution is -0.154. The first-order chi connectivity index (χ1) is 19.4. The van der Waals surface area contributed by atoms with Crippen LogP contribution in [0.1, 0.15) is 51.7 Å². The number of carbonyl (C=O) groups is 3. The van der Waals surface area contributed by atoms with E-state index in [1.165, 1.54) is 6.92 Å². The molecule has 0 radical (unpaired) electrons. The molecule has 0 saturated carbocycles. The third-order valence-corrected chi connectivity index (χ3v) is 5.98. The molecular weight excluding hydrogens is 532 g/mol. The molecule has 0 fully saturated rings. The van der Waals surface area contributed by atoms with Crippen molar-refractivity contribution in [1.82, 2.24) is 0 Å². The zero-order valence-corrected chi connectivity index (χ0v) is 24.1. The molecule has 10 heteroatoms. The van der Waals surface area contributed by atoms with Gasteiger partial charge in [0.05, 0.1) is 18.9 Å². The van der Waals surface area contributed by atoms with Crippen LogP contribution in [0.2, 0.25) is 0 Å². The molecular formula is C31H40O10. The predicted molar refractivity (Wildman–Crippen MR) is 151 cm³/mol. The second-order valence-electron chi connectivity index (χ2n) is 10.1. The number of hydrogen-bond acceptors (Lipinski definition) is 10. The summed E-state index contributed by atoms with van der Waals surface area (Å²) in [5.41, 5.74) is 2.09. The first kappa shape index (κ1) is 33.3. The van der Waals surface area contributed by atoms with Crippen LogP contribution in [0.3, 0.4) is 0 Å². The van der Waals surface area contributed by atoms with Gasteiger partial charge in [0, 0.05) is 11.0 Å². The molecule has 2 N–H and O–H groups in total. The average Bonchev–Trinajstić information content (AvgIpc) is 2.95. The van der Waals surface area contributed by atoms with E-state index in [1.807, 2.05) is 36.4 Å². The molecule has 0 spiro atoms. The van der Waals surface area contributed by atoms with Gasteiger partial charge in [-0.3, -0.25) is 9.59 Å². The van der Waals surface area contributed by atoms with Crippen molar-refractivity contribution in [1.29, 1.82) is 0 Å². The molecule has 0 aliphatic carbocycles. The standard InChI is InChI=1S/C31H40O10/c1-21(2)30(36)38-17-16-37-28(34)14-15-29(35)41-20-25(33)19-40-27-12-8-24(9-13-27)31(4,5)23-6-10-26(11-7-23)39-18-22(3)32/h6-13,22,25,32-33H,1,14-20H2,2-5H3. The maximum atomic E-state index is 11.9. The fourth-order valence-electron chi connectivity index (χ4n) is 3.51. The lowest BCUT2D eigenvalue weighted by atomic mass is 9.78. The summed E-state index contributed by atoms with van der Waals surface area (Å²) in [6, 6.07) is 15.3. The number of rotatable bonds is 17. The van der Waals surface area contributed by atoms with Gasteiger partial charge in [-0.1, -0.05) is 44.7 Å². The second kappa shape index (κ2) is 16.4. The van der Waals surface area contributed by atoms with E-state index in [0.29, 0.717) is 11.5 Å². The van der Waals surface area contributed by atoms with Gasteiger partial charge in [0.2, 0.25) is 0 Å². The van der Waals surface area contributed by atoms with Gasteiger partial charge < -0.3 is 33.9 Å². The molecule has 0 aliphatic rings. The number of hydrogen-bond donors (Lipinski definition) is 2. The Morgan fingerprint density at radius 2 is 1.22 bits per heavy atom. The van der Waals surface area contributed by atoms with Crippen LogP contribution < -0.4 is 9.47 Å². The highest BCUT2D eigenvalue weighted by Gasteiger charge is 2.23. The highest BCUT2D eigenvalue weighted by molar-refractivity contribution is 5.86. The molecule has 0 amide bonds. The number of aliphatic hydroxyl groups excluding tert-OH is 2. The molecule has 2 unspecified atom stereocenters. The van der Waals surface area contributed by atoms with Gasteiger partial charge in [0.1, 0.15) is 50.6 Å². The summed E-state index contributed by atoms with van der Waals surface area (Å²) >= 11 is 0. The Morgan fingerprint density at radius 3 is 1.71 bits per heavy atom. The van der Waals surface area contributed by atoms with Crippen LogP contribution in [0, 0.1) is 0 Å². The van der Waals surface area contributed by atoms with Crippen molar-refractivity contribution in [3.63, 3.8) is 0 Å².